The lowest BCUT2D eigenvalue weighted by molar-refractivity contribution is 0.0945. The Bertz CT molecular complexity index is 768. The molecular formula is C19H23N5O2. The van der Waals surface area contributed by atoms with Crippen molar-refractivity contribution in [3.8, 4) is 5.75 Å². The maximum absolute atomic E-state index is 12.0. The number of benzene rings is 1. The van der Waals surface area contributed by atoms with E-state index < -0.39 is 0 Å². The molecule has 1 aromatic heterocycles. The smallest absolute Gasteiger partial charge is 0.271 e. The Hall–Kier alpha value is -2.83. The van der Waals surface area contributed by atoms with E-state index >= 15 is 0 Å². The number of aromatic nitrogens is 2. The van der Waals surface area contributed by atoms with Gasteiger partial charge in [-0.05, 0) is 25.0 Å². The van der Waals surface area contributed by atoms with Gasteiger partial charge in [-0.25, -0.2) is 9.97 Å². The van der Waals surface area contributed by atoms with E-state index in [9.17, 15) is 4.79 Å². The van der Waals surface area contributed by atoms with Crippen LogP contribution in [0.2, 0.25) is 0 Å². The van der Waals surface area contributed by atoms with E-state index in [1.165, 1.54) is 0 Å². The predicted molar refractivity (Wildman–Crippen MR) is 99.9 cm³/mol. The Labute approximate surface area is 153 Å². The van der Waals surface area contributed by atoms with Gasteiger partial charge in [-0.15, -0.1) is 0 Å². The van der Waals surface area contributed by atoms with E-state index in [0.29, 0.717) is 11.7 Å². The molecule has 26 heavy (non-hydrogen) atoms. The minimum absolute atomic E-state index is 0.132. The van der Waals surface area contributed by atoms with Gasteiger partial charge in [0.2, 0.25) is 0 Å². The molecule has 1 saturated carbocycles. The molecule has 136 valence electrons. The average molecular weight is 353 g/mol. The molecule has 0 spiro atoms. The topological polar surface area (TPSA) is 70.6 Å². The van der Waals surface area contributed by atoms with Crippen molar-refractivity contribution in [2.24, 2.45) is 0 Å². The van der Waals surface area contributed by atoms with Crippen molar-refractivity contribution >= 4 is 17.4 Å². The molecule has 1 aromatic carbocycles. The zero-order valence-electron chi connectivity index (χ0n) is 14.9. The third-order valence-electron chi connectivity index (χ3n) is 4.81. The molecule has 2 fully saturated rings. The Morgan fingerprint density at radius 2 is 1.81 bits per heavy atom. The highest BCUT2D eigenvalue weighted by Gasteiger charge is 2.25. The number of amides is 1. The fourth-order valence-electron chi connectivity index (χ4n) is 3.16. The normalized spacial score (nSPS) is 17.1. The molecule has 1 amide bonds. The van der Waals surface area contributed by atoms with Crippen LogP contribution in [0, 0.1) is 0 Å². The number of nitrogens with zero attached hydrogens (tertiary/aromatic N) is 4. The summed E-state index contributed by atoms with van der Waals surface area (Å²) in [6.07, 6.45) is 5.39. The number of ether oxygens (including phenoxy) is 1. The highest BCUT2D eigenvalue weighted by atomic mass is 16.5. The summed E-state index contributed by atoms with van der Waals surface area (Å²) in [6, 6.07) is 8.41. The SMILES string of the molecule is COc1ccccc1N1CCN(c2cnc(C(=O)NC3CC3)cn2)CC1. The summed E-state index contributed by atoms with van der Waals surface area (Å²) in [4.78, 5) is 25.2. The molecule has 0 bridgehead atoms. The van der Waals surface area contributed by atoms with E-state index in [1.54, 1.807) is 19.5 Å². The second-order valence-corrected chi connectivity index (χ2v) is 6.65. The zero-order chi connectivity index (χ0) is 17.9. The van der Waals surface area contributed by atoms with Crippen molar-refractivity contribution in [2.45, 2.75) is 18.9 Å². The van der Waals surface area contributed by atoms with Crippen LogP contribution >= 0.6 is 0 Å². The minimum atomic E-state index is -0.132. The summed E-state index contributed by atoms with van der Waals surface area (Å²) in [6.45, 7) is 3.46. The van der Waals surface area contributed by atoms with Crippen molar-refractivity contribution in [3.63, 3.8) is 0 Å². The second-order valence-electron chi connectivity index (χ2n) is 6.65. The van der Waals surface area contributed by atoms with Crippen LogP contribution in [-0.2, 0) is 0 Å². The van der Waals surface area contributed by atoms with Gasteiger partial charge in [-0.3, -0.25) is 4.79 Å². The summed E-state index contributed by atoms with van der Waals surface area (Å²) in [5.41, 5.74) is 1.50. The summed E-state index contributed by atoms with van der Waals surface area (Å²) in [5, 5.41) is 2.93. The van der Waals surface area contributed by atoms with Crippen molar-refractivity contribution in [3.05, 3.63) is 42.4 Å². The van der Waals surface area contributed by atoms with E-state index in [0.717, 1.165) is 56.3 Å². The molecular weight excluding hydrogens is 330 g/mol. The predicted octanol–water partition coefficient (Wildman–Crippen LogP) is 1.70. The highest BCUT2D eigenvalue weighted by Crippen LogP contribution is 2.28. The summed E-state index contributed by atoms with van der Waals surface area (Å²) >= 11 is 0. The van der Waals surface area contributed by atoms with E-state index in [-0.39, 0.29) is 5.91 Å². The Kier molecular flexibility index (Phi) is 4.60. The zero-order valence-corrected chi connectivity index (χ0v) is 14.9. The van der Waals surface area contributed by atoms with Gasteiger partial charge in [0, 0.05) is 32.2 Å². The van der Waals surface area contributed by atoms with Gasteiger partial charge in [0.1, 0.15) is 17.3 Å². The van der Waals surface area contributed by atoms with Gasteiger partial charge in [-0.2, -0.15) is 0 Å². The van der Waals surface area contributed by atoms with Crippen molar-refractivity contribution < 1.29 is 9.53 Å². The molecule has 2 aromatic rings. The second kappa shape index (κ2) is 7.19. The number of methoxy groups -OCH3 is 1. The first-order valence-corrected chi connectivity index (χ1v) is 9.00. The number of carbonyl (C=O) groups is 1. The first-order chi connectivity index (χ1) is 12.7. The van der Waals surface area contributed by atoms with Crippen LogP contribution in [0.25, 0.3) is 0 Å². The van der Waals surface area contributed by atoms with Crippen LogP contribution in [-0.4, -0.2) is 55.2 Å². The van der Waals surface area contributed by atoms with Gasteiger partial charge in [-0.1, -0.05) is 12.1 Å². The monoisotopic (exact) mass is 353 g/mol. The first kappa shape index (κ1) is 16.6. The molecule has 4 rings (SSSR count). The summed E-state index contributed by atoms with van der Waals surface area (Å²) < 4.78 is 5.46. The van der Waals surface area contributed by atoms with Crippen LogP contribution in [0.5, 0.6) is 5.75 Å². The van der Waals surface area contributed by atoms with Crippen LogP contribution in [0.4, 0.5) is 11.5 Å². The van der Waals surface area contributed by atoms with Crippen molar-refractivity contribution in [1.29, 1.82) is 0 Å². The van der Waals surface area contributed by atoms with Gasteiger partial charge < -0.3 is 19.9 Å². The number of hydrogen-bond acceptors (Lipinski definition) is 6. The maximum atomic E-state index is 12.0. The Balaban J connectivity index is 1.37. The summed E-state index contributed by atoms with van der Waals surface area (Å²) in [7, 11) is 1.70. The molecule has 2 heterocycles. The average Bonchev–Trinajstić information content (AvgIpc) is 3.52. The molecule has 7 nitrogen and oxygen atoms in total. The Morgan fingerprint density at radius 3 is 2.46 bits per heavy atom. The van der Waals surface area contributed by atoms with Crippen LogP contribution < -0.4 is 19.9 Å². The molecule has 1 saturated heterocycles. The van der Waals surface area contributed by atoms with Crippen molar-refractivity contribution in [1.82, 2.24) is 15.3 Å². The van der Waals surface area contributed by atoms with E-state index in [2.05, 4.69) is 31.2 Å². The molecule has 1 aliphatic carbocycles. The van der Waals surface area contributed by atoms with Crippen molar-refractivity contribution in [2.75, 3.05) is 43.1 Å². The van der Waals surface area contributed by atoms with Crippen LogP contribution in [0.1, 0.15) is 23.3 Å². The number of rotatable bonds is 5. The third kappa shape index (κ3) is 3.56. The molecule has 1 aliphatic heterocycles. The number of anilines is 2. The lowest BCUT2D eigenvalue weighted by atomic mass is 10.2. The Morgan fingerprint density at radius 1 is 1.08 bits per heavy atom. The van der Waals surface area contributed by atoms with Gasteiger partial charge in [0.15, 0.2) is 0 Å². The summed E-state index contributed by atoms with van der Waals surface area (Å²) in [5.74, 6) is 1.58. The van der Waals surface area contributed by atoms with Crippen LogP contribution in [0.3, 0.4) is 0 Å². The molecule has 0 atom stereocenters. The first-order valence-electron chi connectivity index (χ1n) is 9.00. The lowest BCUT2D eigenvalue weighted by Crippen LogP contribution is -2.47. The van der Waals surface area contributed by atoms with Crippen LogP contribution in [0.15, 0.2) is 36.7 Å². The van der Waals surface area contributed by atoms with Gasteiger partial charge in [0.05, 0.1) is 25.2 Å². The third-order valence-corrected chi connectivity index (χ3v) is 4.81. The van der Waals surface area contributed by atoms with Gasteiger partial charge in [0.25, 0.3) is 5.91 Å². The molecule has 7 heteroatoms. The number of nitrogens with one attached hydrogen (secondary N) is 1. The number of carbonyl (C=O) groups excluding carboxylic acids is 1. The molecule has 2 aliphatic rings. The van der Waals surface area contributed by atoms with E-state index in [4.69, 9.17) is 4.74 Å². The number of hydrogen-bond donors (Lipinski definition) is 1. The molecule has 0 radical (unpaired) electrons. The fraction of sp³-hybridized carbons (Fsp3) is 0.421. The fourth-order valence-corrected chi connectivity index (χ4v) is 3.16. The van der Waals surface area contributed by atoms with E-state index in [1.807, 2.05) is 18.2 Å². The quantitative estimate of drug-likeness (QED) is 0.882. The molecule has 0 unspecified atom stereocenters. The standard InChI is InChI=1S/C19H23N5O2/c1-26-17-5-3-2-4-16(17)23-8-10-24(11-9-23)18-13-20-15(12-21-18)19(25)22-14-6-7-14/h2-5,12-14H,6-11H2,1H3,(H,22,25). The minimum Gasteiger partial charge on any atom is -0.495 e. The molecule has 1 N–H and O–H groups in total. The lowest BCUT2D eigenvalue weighted by Gasteiger charge is -2.37. The number of piperazine rings is 1. The largest absolute Gasteiger partial charge is 0.495 e. The highest BCUT2D eigenvalue weighted by molar-refractivity contribution is 5.92. The maximum Gasteiger partial charge on any atom is 0.271 e. The van der Waals surface area contributed by atoms with Gasteiger partial charge >= 0.3 is 0 Å². The number of para-hydroxylation sites is 2.